The molecule has 37 heavy (non-hydrogen) atoms. The lowest BCUT2D eigenvalue weighted by molar-refractivity contribution is 0.0946. The van der Waals surface area contributed by atoms with Crippen LogP contribution in [0.2, 0.25) is 0 Å². The fourth-order valence-corrected chi connectivity index (χ4v) is 4.66. The first-order valence-electron chi connectivity index (χ1n) is 12.2. The summed E-state index contributed by atoms with van der Waals surface area (Å²) in [5.74, 6) is -0.129. The number of aliphatic hydroxyl groups excluding tert-OH is 2. The van der Waals surface area contributed by atoms with Crippen molar-refractivity contribution >= 4 is 28.6 Å². The number of carbonyl (C=O) groups excluding carboxylic acids is 1. The number of hydrogen-bond donors (Lipinski definition) is 6. The monoisotopic (exact) mass is 519 g/mol. The van der Waals surface area contributed by atoms with E-state index in [1.807, 2.05) is 48.7 Å². The minimum Gasteiger partial charge on any atom is -0.508 e. The average molecular weight is 520 g/mol. The summed E-state index contributed by atoms with van der Waals surface area (Å²) in [6.45, 7) is 2.57. The summed E-state index contributed by atoms with van der Waals surface area (Å²) in [4.78, 5) is 17.1. The van der Waals surface area contributed by atoms with Gasteiger partial charge in [-0.2, -0.15) is 0 Å². The molecule has 4 aromatic rings. The number of aromatic hydroxyl groups is 1. The summed E-state index contributed by atoms with van der Waals surface area (Å²) in [5, 5.41) is 36.8. The van der Waals surface area contributed by atoms with E-state index in [1.54, 1.807) is 23.9 Å². The molecule has 1 aromatic heterocycles. The van der Waals surface area contributed by atoms with E-state index in [4.69, 9.17) is 0 Å². The van der Waals surface area contributed by atoms with Crippen LogP contribution in [-0.4, -0.2) is 45.1 Å². The number of aliphatic hydroxyl groups is 2. The first-order valence-corrected chi connectivity index (χ1v) is 13.5. The molecular weight excluding hydrogens is 486 g/mol. The van der Waals surface area contributed by atoms with E-state index >= 15 is 0 Å². The van der Waals surface area contributed by atoms with Crippen LogP contribution in [0.5, 0.6) is 5.75 Å². The number of thioether (sulfide) groups is 1. The fraction of sp³-hybridized carbons (Fsp3) is 0.276. The Morgan fingerprint density at radius 2 is 1.78 bits per heavy atom. The SMILES string of the molecule is CSc1ccc(CNC(=O)c2cc3cc(C[C@@H](C)NC[C@@H](O)c4ccc(O)c(CO)c4)ccc3[nH]2)cc1. The van der Waals surface area contributed by atoms with Crippen molar-refractivity contribution in [2.24, 2.45) is 0 Å². The number of phenols is 1. The molecule has 2 atom stereocenters. The summed E-state index contributed by atoms with van der Waals surface area (Å²) < 4.78 is 0. The molecule has 1 amide bonds. The molecular formula is C29H33N3O4S. The van der Waals surface area contributed by atoms with Crippen molar-refractivity contribution in [2.45, 2.75) is 43.5 Å². The number of aromatic amines is 1. The quantitative estimate of drug-likeness (QED) is 0.165. The smallest absolute Gasteiger partial charge is 0.267 e. The second-order valence-corrected chi connectivity index (χ2v) is 10.1. The highest BCUT2D eigenvalue weighted by Gasteiger charge is 2.14. The minimum atomic E-state index is -0.759. The summed E-state index contributed by atoms with van der Waals surface area (Å²) in [7, 11) is 0. The van der Waals surface area contributed by atoms with Crippen molar-refractivity contribution in [1.82, 2.24) is 15.6 Å². The van der Waals surface area contributed by atoms with Crippen LogP contribution in [0.15, 0.2) is 71.6 Å². The normalized spacial score (nSPS) is 13.0. The fourth-order valence-electron chi connectivity index (χ4n) is 4.25. The van der Waals surface area contributed by atoms with E-state index < -0.39 is 6.10 Å². The molecule has 7 nitrogen and oxygen atoms in total. The zero-order chi connectivity index (χ0) is 26.4. The van der Waals surface area contributed by atoms with Crippen LogP contribution in [0.3, 0.4) is 0 Å². The van der Waals surface area contributed by atoms with Crippen LogP contribution < -0.4 is 10.6 Å². The van der Waals surface area contributed by atoms with Gasteiger partial charge in [-0.1, -0.05) is 24.3 Å². The van der Waals surface area contributed by atoms with E-state index in [0.29, 0.717) is 29.9 Å². The van der Waals surface area contributed by atoms with E-state index in [-0.39, 0.29) is 24.3 Å². The molecule has 0 aliphatic rings. The van der Waals surface area contributed by atoms with Gasteiger partial charge in [-0.15, -0.1) is 11.8 Å². The molecule has 1 heterocycles. The second-order valence-electron chi connectivity index (χ2n) is 9.21. The third kappa shape index (κ3) is 6.93. The molecule has 0 unspecified atom stereocenters. The Labute approximate surface area is 220 Å². The number of fused-ring (bicyclic) bond motifs is 1. The maximum absolute atomic E-state index is 12.7. The van der Waals surface area contributed by atoms with Crippen LogP contribution in [-0.2, 0) is 19.6 Å². The Bertz CT molecular complexity index is 1350. The molecule has 0 saturated heterocycles. The Hall–Kier alpha value is -3.30. The van der Waals surface area contributed by atoms with Gasteiger partial charge in [0, 0.05) is 40.5 Å². The van der Waals surface area contributed by atoms with Gasteiger partial charge in [0.25, 0.3) is 5.91 Å². The molecule has 6 N–H and O–H groups in total. The van der Waals surface area contributed by atoms with Crippen molar-refractivity contribution in [3.8, 4) is 5.75 Å². The number of rotatable bonds is 11. The van der Waals surface area contributed by atoms with E-state index in [1.165, 1.54) is 11.0 Å². The number of benzene rings is 3. The lowest BCUT2D eigenvalue weighted by Crippen LogP contribution is -2.32. The molecule has 0 aliphatic heterocycles. The lowest BCUT2D eigenvalue weighted by Gasteiger charge is -2.18. The second kappa shape index (κ2) is 12.3. The molecule has 0 spiro atoms. The highest BCUT2D eigenvalue weighted by atomic mass is 32.2. The summed E-state index contributed by atoms with van der Waals surface area (Å²) in [5.41, 5.74) is 4.63. The van der Waals surface area contributed by atoms with Gasteiger partial charge in [0.05, 0.1) is 12.7 Å². The maximum atomic E-state index is 12.7. The molecule has 0 radical (unpaired) electrons. The largest absolute Gasteiger partial charge is 0.508 e. The van der Waals surface area contributed by atoms with Crippen molar-refractivity contribution in [3.05, 3.63) is 94.7 Å². The topological polar surface area (TPSA) is 118 Å². The third-order valence-corrected chi connectivity index (χ3v) is 7.15. The number of amides is 1. The maximum Gasteiger partial charge on any atom is 0.267 e. The standard InChI is InChI=1S/C29H33N3O4S/c1-18(30-16-28(35)21-6-10-27(34)23(13-21)17-33)11-20-5-9-25-22(12-20)14-26(32-25)29(36)31-15-19-3-7-24(37-2)8-4-19/h3-10,12-14,18,28,30,32-35H,11,15-17H2,1-2H3,(H,31,36)/t18-,28-/m1/s1. The number of nitrogens with one attached hydrogen (secondary N) is 3. The van der Waals surface area contributed by atoms with E-state index in [0.717, 1.165) is 28.5 Å². The van der Waals surface area contributed by atoms with Crippen molar-refractivity contribution in [1.29, 1.82) is 0 Å². The molecule has 194 valence electrons. The van der Waals surface area contributed by atoms with Gasteiger partial charge in [-0.25, -0.2) is 0 Å². The van der Waals surface area contributed by atoms with Gasteiger partial charge in [-0.3, -0.25) is 4.79 Å². The van der Waals surface area contributed by atoms with Crippen molar-refractivity contribution < 1.29 is 20.1 Å². The van der Waals surface area contributed by atoms with Gasteiger partial charge in [0.2, 0.25) is 0 Å². The molecule has 0 fully saturated rings. The van der Waals surface area contributed by atoms with Gasteiger partial charge in [0.1, 0.15) is 11.4 Å². The third-order valence-electron chi connectivity index (χ3n) is 6.40. The zero-order valence-corrected chi connectivity index (χ0v) is 21.8. The van der Waals surface area contributed by atoms with Crippen LogP contribution in [0, 0.1) is 0 Å². The predicted octanol–water partition coefficient (Wildman–Crippen LogP) is 4.27. The average Bonchev–Trinajstić information content (AvgIpc) is 3.34. The minimum absolute atomic E-state index is 0.0153. The summed E-state index contributed by atoms with van der Waals surface area (Å²) >= 11 is 1.69. The molecule has 3 aromatic carbocycles. The molecule has 0 saturated carbocycles. The van der Waals surface area contributed by atoms with Crippen molar-refractivity contribution in [3.63, 3.8) is 0 Å². The number of carbonyl (C=O) groups is 1. The van der Waals surface area contributed by atoms with E-state index in [9.17, 15) is 20.1 Å². The Balaban J connectivity index is 1.32. The first kappa shape index (κ1) is 26.8. The Morgan fingerprint density at radius 3 is 2.51 bits per heavy atom. The molecule has 0 bridgehead atoms. The Kier molecular flexibility index (Phi) is 8.89. The molecule has 8 heteroatoms. The van der Waals surface area contributed by atoms with E-state index in [2.05, 4.69) is 28.6 Å². The van der Waals surface area contributed by atoms with Crippen LogP contribution in [0.1, 0.15) is 45.8 Å². The molecule has 0 aliphatic carbocycles. The lowest BCUT2D eigenvalue weighted by atomic mass is 10.0. The summed E-state index contributed by atoms with van der Waals surface area (Å²) in [6.07, 6.45) is 2.03. The Morgan fingerprint density at radius 1 is 1.03 bits per heavy atom. The highest BCUT2D eigenvalue weighted by Crippen LogP contribution is 2.23. The van der Waals surface area contributed by atoms with Crippen molar-refractivity contribution in [2.75, 3.05) is 12.8 Å². The number of H-pyrrole nitrogens is 1. The van der Waals surface area contributed by atoms with Gasteiger partial charge in [0.15, 0.2) is 0 Å². The highest BCUT2D eigenvalue weighted by molar-refractivity contribution is 7.98. The van der Waals surface area contributed by atoms with Crippen LogP contribution in [0.4, 0.5) is 0 Å². The molecule has 4 rings (SSSR count). The van der Waals surface area contributed by atoms with Crippen LogP contribution in [0.25, 0.3) is 10.9 Å². The van der Waals surface area contributed by atoms with Gasteiger partial charge < -0.3 is 30.9 Å². The first-order chi connectivity index (χ1) is 17.9. The zero-order valence-electron chi connectivity index (χ0n) is 21.0. The summed E-state index contributed by atoms with van der Waals surface area (Å²) in [6, 6.07) is 21.0. The van der Waals surface area contributed by atoms with Gasteiger partial charge in [-0.05, 0) is 78.8 Å². The van der Waals surface area contributed by atoms with Gasteiger partial charge >= 0.3 is 0 Å². The number of hydrogen-bond acceptors (Lipinski definition) is 6. The van der Waals surface area contributed by atoms with Crippen LogP contribution >= 0.6 is 11.8 Å². The number of aromatic nitrogens is 1. The predicted molar refractivity (Wildman–Crippen MR) is 148 cm³/mol.